The summed E-state index contributed by atoms with van der Waals surface area (Å²) < 4.78 is 26.9. The first-order chi connectivity index (χ1) is 13.0. The zero-order valence-corrected chi connectivity index (χ0v) is 18.0. The average Bonchev–Trinajstić information content (AvgIpc) is 2.93. The van der Waals surface area contributed by atoms with Crippen molar-refractivity contribution in [2.45, 2.75) is 25.8 Å². The second kappa shape index (κ2) is 8.66. The number of rotatable bonds is 4. The SMILES string of the molecule is Cl.Cl.O=C1CC2(CCN(CC3[C@H]4CNC[C@@H]34)CC2)CN1Cc1cc(F)cc(F)c1. The minimum absolute atomic E-state index is 0. The molecule has 4 aliphatic rings. The summed E-state index contributed by atoms with van der Waals surface area (Å²) in [5, 5.41) is 3.46. The number of amides is 1. The first-order valence-electron chi connectivity index (χ1n) is 10.2. The molecule has 8 heteroatoms. The molecule has 1 aromatic carbocycles. The maximum absolute atomic E-state index is 13.4. The van der Waals surface area contributed by atoms with Gasteiger partial charge in [-0.3, -0.25) is 4.79 Å². The fraction of sp³-hybridized carbons (Fsp3) is 0.667. The van der Waals surface area contributed by atoms with Crippen molar-refractivity contribution in [2.75, 3.05) is 39.3 Å². The highest BCUT2D eigenvalue weighted by molar-refractivity contribution is 5.85. The predicted molar refractivity (Wildman–Crippen MR) is 112 cm³/mol. The number of hydrogen-bond acceptors (Lipinski definition) is 3. The van der Waals surface area contributed by atoms with Gasteiger partial charge in [0.1, 0.15) is 11.6 Å². The lowest BCUT2D eigenvalue weighted by atomic mass is 9.77. The van der Waals surface area contributed by atoms with Crippen LogP contribution in [0, 0.1) is 34.8 Å². The topological polar surface area (TPSA) is 35.6 Å². The Labute approximate surface area is 183 Å². The van der Waals surface area contributed by atoms with E-state index >= 15 is 0 Å². The maximum Gasteiger partial charge on any atom is 0.223 e. The van der Waals surface area contributed by atoms with E-state index in [2.05, 4.69) is 10.2 Å². The van der Waals surface area contributed by atoms with Crippen molar-refractivity contribution in [3.8, 4) is 0 Å². The molecule has 29 heavy (non-hydrogen) atoms. The van der Waals surface area contributed by atoms with Gasteiger partial charge in [-0.25, -0.2) is 8.78 Å². The van der Waals surface area contributed by atoms with Crippen LogP contribution in [0.3, 0.4) is 0 Å². The maximum atomic E-state index is 13.4. The minimum atomic E-state index is -0.584. The molecular formula is C21H29Cl2F2N3O. The molecular weight excluding hydrogens is 419 g/mol. The third kappa shape index (κ3) is 4.55. The fourth-order valence-corrected chi connectivity index (χ4v) is 5.71. The van der Waals surface area contributed by atoms with Crippen molar-refractivity contribution in [1.29, 1.82) is 0 Å². The minimum Gasteiger partial charge on any atom is -0.338 e. The first kappa shape index (κ1) is 22.7. The zero-order valence-electron chi connectivity index (χ0n) is 16.4. The molecule has 1 saturated carbocycles. The lowest BCUT2D eigenvalue weighted by Gasteiger charge is -2.39. The van der Waals surface area contributed by atoms with Gasteiger partial charge in [-0.05, 0) is 79.9 Å². The number of halogens is 4. The number of carbonyl (C=O) groups is 1. The number of piperidine rings is 2. The van der Waals surface area contributed by atoms with Gasteiger partial charge in [0.05, 0.1) is 0 Å². The van der Waals surface area contributed by atoms with Crippen LogP contribution in [0.5, 0.6) is 0 Å². The largest absolute Gasteiger partial charge is 0.338 e. The van der Waals surface area contributed by atoms with Crippen molar-refractivity contribution >= 4 is 30.7 Å². The highest BCUT2D eigenvalue weighted by Gasteiger charge is 2.53. The lowest BCUT2D eigenvalue weighted by molar-refractivity contribution is -0.128. The van der Waals surface area contributed by atoms with E-state index in [1.54, 1.807) is 4.90 Å². The van der Waals surface area contributed by atoms with Crippen LogP contribution in [0.25, 0.3) is 0 Å². The summed E-state index contributed by atoms with van der Waals surface area (Å²) in [6.45, 7) is 6.76. The first-order valence-corrected chi connectivity index (χ1v) is 10.2. The van der Waals surface area contributed by atoms with Crippen LogP contribution < -0.4 is 5.32 Å². The molecule has 1 aliphatic carbocycles. The summed E-state index contributed by atoms with van der Waals surface area (Å²) in [5.41, 5.74) is 0.588. The number of nitrogens with one attached hydrogen (secondary N) is 1. The monoisotopic (exact) mass is 447 g/mol. The summed E-state index contributed by atoms with van der Waals surface area (Å²) in [6.07, 6.45) is 2.68. The second-order valence-electron chi connectivity index (χ2n) is 9.15. The molecule has 162 valence electrons. The Morgan fingerprint density at radius 1 is 1.03 bits per heavy atom. The van der Waals surface area contributed by atoms with Crippen molar-refractivity contribution in [2.24, 2.45) is 23.2 Å². The molecule has 1 amide bonds. The molecule has 3 heterocycles. The molecule has 3 saturated heterocycles. The smallest absolute Gasteiger partial charge is 0.223 e. The van der Waals surface area contributed by atoms with Crippen LogP contribution in [0.4, 0.5) is 8.78 Å². The van der Waals surface area contributed by atoms with Crippen molar-refractivity contribution in [1.82, 2.24) is 15.1 Å². The van der Waals surface area contributed by atoms with Gasteiger partial charge < -0.3 is 15.1 Å². The Morgan fingerprint density at radius 2 is 1.66 bits per heavy atom. The molecule has 1 aromatic rings. The Hall–Kier alpha value is -0.950. The second-order valence-corrected chi connectivity index (χ2v) is 9.15. The molecule has 0 radical (unpaired) electrons. The average molecular weight is 448 g/mol. The summed E-state index contributed by atoms with van der Waals surface area (Å²) in [6, 6.07) is 3.52. The van der Waals surface area contributed by atoms with Gasteiger partial charge in [-0.1, -0.05) is 0 Å². The van der Waals surface area contributed by atoms with Gasteiger partial charge in [-0.2, -0.15) is 0 Å². The zero-order chi connectivity index (χ0) is 18.6. The molecule has 0 bridgehead atoms. The Bertz CT molecular complexity index is 727. The highest BCUT2D eigenvalue weighted by atomic mass is 35.5. The standard InChI is InChI=1S/C21H27F2N3O.2ClH/c22-15-5-14(6-16(23)7-15)11-26-13-21(8-20(26)27)1-3-25(4-2-21)12-19-17-9-24-10-18(17)19;;/h5-7,17-19,24H,1-4,8-13H2;2*1H/t17-,18+,19?;;. The summed E-state index contributed by atoms with van der Waals surface area (Å²) >= 11 is 0. The van der Waals surface area contributed by atoms with Crippen LogP contribution in [0.15, 0.2) is 18.2 Å². The van der Waals surface area contributed by atoms with Crippen LogP contribution in [-0.4, -0.2) is 55.0 Å². The molecule has 4 nitrogen and oxygen atoms in total. The van der Waals surface area contributed by atoms with E-state index in [0.29, 0.717) is 18.5 Å². The fourth-order valence-electron chi connectivity index (χ4n) is 5.71. The summed E-state index contributed by atoms with van der Waals surface area (Å²) in [5.74, 6) is 1.63. The molecule has 0 aromatic heterocycles. The van der Waals surface area contributed by atoms with Gasteiger partial charge in [-0.15, -0.1) is 24.8 Å². The molecule has 1 spiro atoms. The van der Waals surface area contributed by atoms with Gasteiger partial charge in [0.15, 0.2) is 0 Å². The Kier molecular flexibility index (Phi) is 6.78. The molecule has 1 unspecified atom stereocenters. The summed E-state index contributed by atoms with van der Waals surface area (Å²) in [4.78, 5) is 16.9. The number of hydrogen-bond donors (Lipinski definition) is 1. The third-order valence-corrected chi connectivity index (χ3v) is 7.36. The van der Waals surface area contributed by atoms with E-state index in [1.807, 2.05) is 0 Å². The van der Waals surface area contributed by atoms with Crippen LogP contribution >= 0.6 is 24.8 Å². The van der Waals surface area contributed by atoms with E-state index < -0.39 is 11.6 Å². The Balaban J connectivity index is 0.00000120. The molecule has 5 rings (SSSR count). The van der Waals surface area contributed by atoms with Crippen molar-refractivity contribution in [3.63, 3.8) is 0 Å². The summed E-state index contributed by atoms with van der Waals surface area (Å²) in [7, 11) is 0. The van der Waals surface area contributed by atoms with Crippen molar-refractivity contribution < 1.29 is 13.6 Å². The lowest BCUT2D eigenvalue weighted by Crippen LogP contribution is -2.42. The van der Waals surface area contributed by atoms with E-state index in [1.165, 1.54) is 31.8 Å². The number of benzene rings is 1. The van der Waals surface area contributed by atoms with Crippen LogP contribution in [0.1, 0.15) is 24.8 Å². The van der Waals surface area contributed by atoms with Crippen LogP contribution in [-0.2, 0) is 11.3 Å². The van der Waals surface area contributed by atoms with Gasteiger partial charge >= 0.3 is 0 Å². The van der Waals surface area contributed by atoms with Gasteiger partial charge in [0, 0.05) is 32.1 Å². The van der Waals surface area contributed by atoms with Crippen molar-refractivity contribution in [3.05, 3.63) is 35.4 Å². The molecule has 3 atom stereocenters. The molecule has 3 aliphatic heterocycles. The van der Waals surface area contributed by atoms with E-state index in [4.69, 9.17) is 0 Å². The number of fused-ring (bicyclic) bond motifs is 1. The quantitative estimate of drug-likeness (QED) is 0.769. The Morgan fingerprint density at radius 3 is 2.28 bits per heavy atom. The molecule has 1 N–H and O–H groups in total. The van der Waals surface area contributed by atoms with E-state index in [-0.39, 0.29) is 36.1 Å². The van der Waals surface area contributed by atoms with Gasteiger partial charge in [0.25, 0.3) is 0 Å². The third-order valence-electron chi connectivity index (χ3n) is 7.36. The normalized spacial score (nSPS) is 30.1. The van der Waals surface area contributed by atoms with E-state index in [9.17, 15) is 13.6 Å². The van der Waals surface area contributed by atoms with Crippen LogP contribution in [0.2, 0.25) is 0 Å². The predicted octanol–water partition coefficient (Wildman–Crippen LogP) is 3.09. The number of carbonyl (C=O) groups excluding carboxylic acids is 1. The van der Waals surface area contributed by atoms with E-state index in [0.717, 1.165) is 56.3 Å². The molecule has 4 fully saturated rings. The number of nitrogens with zero attached hydrogens (tertiary/aromatic N) is 2. The van der Waals surface area contributed by atoms with Gasteiger partial charge in [0.2, 0.25) is 5.91 Å². The highest BCUT2D eigenvalue weighted by Crippen LogP contribution is 2.50. The number of likely N-dealkylation sites (tertiary alicyclic amines) is 2.